The van der Waals surface area contributed by atoms with E-state index in [1.165, 1.54) is 24.4 Å². The molecule has 1 amide bonds. The molecule has 4 N–H and O–H groups in total. The minimum absolute atomic E-state index is 0.183. The second kappa shape index (κ2) is 4.91. The van der Waals surface area contributed by atoms with E-state index in [1.807, 2.05) is 0 Å². The third-order valence-electron chi connectivity index (χ3n) is 3.18. The van der Waals surface area contributed by atoms with Crippen LogP contribution in [-0.2, 0) is 0 Å². The third-order valence-corrected chi connectivity index (χ3v) is 4.00. The van der Waals surface area contributed by atoms with Crippen LogP contribution in [0.3, 0.4) is 0 Å². The van der Waals surface area contributed by atoms with Gasteiger partial charge in [-0.15, -0.1) is 0 Å². The van der Waals surface area contributed by atoms with Crippen LogP contribution >= 0.6 is 11.5 Å². The minimum Gasteiger partial charge on any atom is -0.382 e. The number of nitrogen functional groups attached to an aromatic ring is 1. The summed E-state index contributed by atoms with van der Waals surface area (Å²) in [5, 5.41) is 6.64. The SMILES string of the molecule is CNC(=O)c1c(N)nsc1NCC(C)C1CC1. The van der Waals surface area contributed by atoms with Crippen LogP contribution in [-0.4, -0.2) is 23.9 Å². The Bertz CT molecular complexity index is 414. The second-order valence-corrected chi connectivity index (χ2v) is 5.32. The minimum atomic E-state index is -0.183. The average Bonchev–Trinajstić information content (AvgIpc) is 3.10. The van der Waals surface area contributed by atoms with E-state index in [4.69, 9.17) is 5.73 Å². The molecule has 6 heteroatoms. The molecule has 0 aromatic carbocycles. The van der Waals surface area contributed by atoms with Gasteiger partial charge < -0.3 is 16.4 Å². The van der Waals surface area contributed by atoms with Crippen LogP contribution in [0.2, 0.25) is 0 Å². The van der Waals surface area contributed by atoms with Gasteiger partial charge in [0.2, 0.25) is 0 Å². The fourth-order valence-corrected chi connectivity index (χ4v) is 2.57. The number of nitrogens with zero attached hydrogens (tertiary/aromatic N) is 1. The average molecular weight is 254 g/mol. The maximum atomic E-state index is 11.6. The molecule has 1 aromatic heterocycles. The molecule has 1 unspecified atom stereocenters. The summed E-state index contributed by atoms with van der Waals surface area (Å²) in [7, 11) is 1.59. The molecule has 0 aliphatic heterocycles. The molecule has 1 fully saturated rings. The number of carbonyl (C=O) groups is 1. The summed E-state index contributed by atoms with van der Waals surface area (Å²) in [6, 6.07) is 0. The maximum absolute atomic E-state index is 11.6. The highest BCUT2D eigenvalue weighted by Gasteiger charge is 2.28. The summed E-state index contributed by atoms with van der Waals surface area (Å²) in [4.78, 5) is 11.6. The van der Waals surface area contributed by atoms with E-state index >= 15 is 0 Å². The predicted molar refractivity (Wildman–Crippen MR) is 70.3 cm³/mol. The normalized spacial score (nSPS) is 16.6. The summed E-state index contributed by atoms with van der Waals surface area (Å²) < 4.78 is 4.02. The Morgan fingerprint density at radius 2 is 2.35 bits per heavy atom. The van der Waals surface area contributed by atoms with E-state index in [9.17, 15) is 4.79 Å². The number of nitrogens with two attached hydrogens (primary N) is 1. The lowest BCUT2D eigenvalue weighted by atomic mass is 10.1. The zero-order chi connectivity index (χ0) is 12.4. The van der Waals surface area contributed by atoms with Gasteiger partial charge in [0.05, 0.1) is 0 Å². The van der Waals surface area contributed by atoms with Crippen molar-refractivity contribution < 1.29 is 4.79 Å². The van der Waals surface area contributed by atoms with Crippen molar-refractivity contribution in [3.8, 4) is 0 Å². The molecule has 0 saturated heterocycles. The molecule has 1 atom stereocenters. The van der Waals surface area contributed by atoms with Gasteiger partial charge in [-0.3, -0.25) is 4.79 Å². The summed E-state index contributed by atoms with van der Waals surface area (Å²) in [5.74, 6) is 1.60. The first-order valence-corrected chi connectivity index (χ1v) is 6.62. The van der Waals surface area contributed by atoms with Gasteiger partial charge in [0, 0.05) is 13.6 Å². The second-order valence-electron chi connectivity index (χ2n) is 4.55. The number of amides is 1. The molecule has 1 saturated carbocycles. The van der Waals surface area contributed by atoms with E-state index in [1.54, 1.807) is 7.05 Å². The molecule has 1 aliphatic carbocycles. The summed E-state index contributed by atoms with van der Waals surface area (Å²) in [5.41, 5.74) is 6.17. The molecule has 1 aliphatic rings. The number of carbonyl (C=O) groups excluding carboxylic acids is 1. The van der Waals surface area contributed by atoms with E-state index in [2.05, 4.69) is 21.9 Å². The Balaban J connectivity index is 2.02. The molecular formula is C11H18N4OS. The van der Waals surface area contributed by atoms with Crippen LogP contribution < -0.4 is 16.4 Å². The Kier molecular flexibility index (Phi) is 3.51. The maximum Gasteiger partial charge on any atom is 0.257 e. The molecule has 17 heavy (non-hydrogen) atoms. The number of hydrogen-bond donors (Lipinski definition) is 3. The molecule has 0 radical (unpaired) electrons. The summed E-state index contributed by atoms with van der Waals surface area (Å²) >= 11 is 1.25. The van der Waals surface area contributed by atoms with E-state index in [0.29, 0.717) is 17.3 Å². The van der Waals surface area contributed by atoms with Crippen LogP contribution in [0.25, 0.3) is 0 Å². The first-order chi connectivity index (χ1) is 8.13. The van der Waals surface area contributed by atoms with Gasteiger partial charge in [0.15, 0.2) is 5.82 Å². The van der Waals surface area contributed by atoms with Crippen molar-refractivity contribution in [1.29, 1.82) is 0 Å². The summed E-state index contributed by atoms with van der Waals surface area (Å²) in [6.07, 6.45) is 2.66. The van der Waals surface area contributed by atoms with Gasteiger partial charge in [-0.2, -0.15) is 4.37 Å². The molecule has 0 spiro atoms. The quantitative estimate of drug-likeness (QED) is 0.744. The molecule has 1 heterocycles. The number of anilines is 2. The van der Waals surface area contributed by atoms with E-state index in [-0.39, 0.29) is 5.91 Å². The smallest absolute Gasteiger partial charge is 0.257 e. The van der Waals surface area contributed by atoms with Crippen molar-refractivity contribution in [3.05, 3.63) is 5.56 Å². The molecular weight excluding hydrogens is 236 g/mol. The number of aromatic nitrogens is 1. The van der Waals surface area contributed by atoms with Gasteiger partial charge in [-0.25, -0.2) is 0 Å². The van der Waals surface area contributed by atoms with Crippen molar-refractivity contribution in [2.75, 3.05) is 24.6 Å². The van der Waals surface area contributed by atoms with E-state index in [0.717, 1.165) is 17.5 Å². The van der Waals surface area contributed by atoms with Crippen molar-refractivity contribution >= 4 is 28.3 Å². The topological polar surface area (TPSA) is 80.0 Å². The van der Waals surface area contributed by atoms with Crippen LogP contribution in [0.15, 0.2) is 0 Å². The van der Waals surface area contributed by atoms with Crippen molar-refractivity contribution in [1.82, 2.24) is 9.69 Å². The zero-order valence-electron chi connectivity index (χ0n) is 10.1. The first-order valence-electron chi connectivity index (χ1n) is 5.84. The predicted octanol–water partition coefficient (Wildman–Crippen LogP) is 1.54. The Labute approximate surface area is 105 Å². The molecule has 1 aromatic rings. The Morgan fingerprint density at radius 1 is 1.65 bits per heavy atom. The largest absolute Gasteiger partial charge is 0.382 e. The van der Waals surface area contributed by atoms with Gasteiger partial charge in [0.1, 0.15) is 10.6 Å². The fraction of sp³-hybridized carbons (Fsp3) is 0.636. The number of nitrogens with one attached hydrogen (secondary N) is 2. The van der Waals surface area contributed by atoms with Crippen LogP contribution in [0.1, 0.15) is 30.1 Å². The van der Waals surface area contributed by atoms with Gasteiger partial charge >= 0.3 is 0 Å². The molecule has 5 nitrogen and oxygen atoms in total. The lowest BCUT2D eigenvalue weighted by Crippen LogP contribution is -2.21. The first kappa shape index (κ1) is 12.2. The van der Waals surface area contributed by atoms with Crippen molar-refractivity contribution in [2.24, 2.45) is 11.8 Å². The highest BCUT2D eigenvalue weighted by Crippen LogP contribution is 2.37. The fourth-order valence-electron chi connectivity index (χ4n) is 1.85. The van der Waals surface area contributed by atoms with Gasteiger partial charge in [-0.1, -0.05) is 6.92 Å². The Hall–Kier alpha value is -1.30. The monoisotopic (exact) mass is 254 g/mol. The third kappa shape index (κ3) is 2.69. The number of rotatable bonds is 5. The number of hydrogen-bond acceptors (Lipinski definition) is 5. The Morgan fingerprint density at radius 3 is 2.94 bits per heavy atom. The summed E-state index contributed by atoms with van der Waals surface area (Å²) in [6.45, 7) is 3.10. The van der Waals surface area contributed by atoms with Gasteiger partial charge in [-0.05, 0) is 36.2 Å². The van der Waals surface area contributed by atoms with Crippen molar-refractivity contribution in [3.63, 3.8) is 0 Å². The van der Waals surface area contributed by atoms with Crippen LogP contribution in [0.5, 0.6) is 0 Å². The van der Waals surface area contributed by atoms with Crippen molar-refractivity contribution in [2.45, 2.75) is 19.8 Å². The lowest BCUT2D eigenvalue weighted by molar-refractivity contribution is 0.0965. The standard InChI is InChI=1S/C11H18N4OS/c1-6(7-3-4-7)5-14-11-8(10(16)13-2)9(12)15-17-11/h6-7,14H,3-5H2,1-2H3,(H2,12,15)(H,13,16). The molecule has 0 bridgehead atoms. The van der Waals surface area contributed by atoms with E-state index < -0.39 is 0 Å². The highest BCUT2D eigenvalue weighted by molar-refractivity contribution is 7.11. The molecule has 2 rings (SSSR count). The zero-order valence-corrected chi connectivity index (χ0v) is 10.9. The van der Waals surface area contributed by atoms with Crippen LogP contribution in [0.4, 0.5) is 10.8 Å². The molecule has 94 valence electrons. The van der Waals surface area contributed by atoms with Gasteiger partial charge in [0.25, 0.3) is 5.91 Å². The lowest BCUT2D eigenvalue weighted by Gasteiger charge is -2.11. The highest BCUT2D eigenvalue weighted by atomic mass is 32.1. The van der Waals surface area contributed by atoms with Crippen LogP contribution in [0, 0.1) is 11.8 Å².